The number of phenols is 1. The van der Waals surface area contributed by atoms with E-state index in [1.165, 1.54) is 4.88 Å². The molecule has 1 heterocycles. The van der Waals surface area contributed by atoms with E-state index >= 15 is 0 Å². The molecule has 0 aliphatic carbocycles. The smallest absolute Gasteiger partial charge is 0.191 e. The average Bonchev–Trinajstić information content (AvgIpc) is 2.92. The zero-order chi connectivity index (χ0) is 18.2. The Kier molecular flexibility index (Phi) is 9.71. The molecule has 0 fully saturated rings. The van der Waals surface area contributed by atoms with Crippen molar-refractivity contribution in [1.82, 2.24) is 15.6 Å². The molecule has 3 N–H and O–H groups in total. The zero-order valence-corrected chi connectivity index (χ0v) is 18.8. The van der Waals surface area contributed by atoms with Gasteiger partial charge in [0.15, 0.2) is 5.96 Å². The first-order valence-electron chi connectivity index (χ1n) is 8.34. The minimum atomic E-state index is 0. The lowest BCUT2D eigenvalue weighted by atomic mass is 10.1. The van der Waals surface area contributed by atoms with Crippen molar-refractivity contribution in [1.29, 1.82) is 0 Å². The fourth-order valence-corrected chi connectivity index (χ4v) is 3.15. The first kappa shape index (κ1) is 22.5. The Balaban J connectivity index is 0.00000338. The lowest BCUT2D eigenvalue weighted by Crippen LogP contribution is -2.38. The second-order valence-corrected chi connectivity index (χ2v) is 6.90. The lowest BCUT2D eigenvalue weighted by Gasteiger charge is -2.12. The van der Waals surface area contributed by atoms with Crippen molar-refractivity contribution < 1.29 is 9.84 Å². The molecule has 0 saturated carbocycles. The third-order valence-corrected chi connectivity index (χ3v) is 4.83. The van der Waals surface area contributed by atoms with E-state index in [4.69, 9.17) is 4.74 Å². The van der Waals surface area contributed by atoms with Gasteiger partial charge in [-0.3, -0.25) is 0 Å². The summed E-state index contributed by atoms with van der Waals surface area (Å²) in [6, 6.07) is 5.35. The highest BCUT2D eigenvalue weighted by Gasteiger charge is 2.06. The highest BCUT2D eigenvalue weighted by molar-refractivity contribution is 14.0. The normalized spacial score (nSPS) is 11.0. The Hall–Kier alpha value is -1.55. The molecule has 0 unspecified atom stereocenters. The number of guanidine groups is 1. The van der Waals surface area contributed by atoms with Crippen LogP contribution < -0.4 is 15.4 Å². The maximum atomic E-state index is 10.0. The van der Waals surface area contributed by atoms with Gasteiger partial charge in [0.05, 0.1) is 19.3 Å². The van der Waals surface area contributed by atoms with Crippen LogP contribution >= 0.6 is 35.3 Å². The Morgan fingerprint density at radius 3 is 2.65 bits per heavy atom. The van der Waals surface area contributed by atoms with Gasteiger partial charge in [0.2, 0.25) is 0 Å². The third-order valence-electron chi connectivity index (χ3n) is 3.77. The van der Waals surface area contributed by atoms with E-state index in [1.807, 2.05) is 26.0 Å². The minimum absolute atomic E-state index is 0. The van der Waals surface area contributed by atoms with Gasteiger partial charge in [-0.05, 0) is 38.8 Å². The fourth-order valence-electron chi connectivity index (χ4n) is 2.29. The van der Waals surface area contributed by atoms with E-state index in [0.29, 0.717) is 25.3 Å². The number of ether oxygens (including phenoxy) is 1. The summed E-state index contributed by atoms with van der Waals surface area (Å²) in [5.74, 6) is 1.65. The number of halogens is 1. The average molecular weight is 490 g/mol. The van der Waals surface area contributed by atoms with Crippen LogP contribution in [0.2, 0.25) is 0 Å². The summed E-state index contributed by atoms with van der Waals surface area (Å²) in [6.45, 7) is 8.14. The van der Waals surface area contributed by atoms with E-state index in [9.17, 15) is 5.11 Å². The molecule has 0 saturated heterocycles. The quantitative estimate of drug-likeness (QED) is 0.315. The van der Waals surface area contributed by atoms with Gasteiger partial charge >= 0.3 is 0 Å². The molecular formula is C18H27IN4O2S. The number of nitrogens with one attached hydrogen (secondary N) is 2. The van der Waals surface area contributed by atoms with E-state index in [2.05, 4.69) is 27.5 Å². The summed E-state index contributed by atoms with van der Waals surface area (Å²) in [5.41, 5.74) is 1.94. The third kappa shape index (κ3) is 6.64. The second kappa shape index (κ2) is 11.2. The van der Waals surface area contributed by atoms with Gasteiger partial charge in [-0.2, -0.15) is 0 Å². The first-order valence-corrected chi connectivity index (χ1v) is 9.16. The zero-order valence-electron chi connectivity index (χ0n) is 15.6. The minimum Gasteiger partial charge on any atom is -0.508 e. The maximum Gasteiger partial charge on any atom is 0.191 e. The predicted octanol–water partition coefficient (Wildman–Crippen LogP) is 3.39. The Labute approximate surface area is 176 Å². The van der Waals surface area contributed by atoms with Crippen LogP contribution in [-0.4, -0.2) is 36.2 Å². The number of nitrogens with zero attached hydrogens (tertiary/aromatic N) is 2. The number of rotatable bonds is 7. The lowest BCUT2D eigenvalue weighted by molar-refractivity contribution is 0.406. The molecular weight excluding hydrogens is 463 g/mol. The SMILES string of the molecule is CCNC(=NCc1nc(C)c(C)s1)NCCc1ccc(OC)cc1O.I. The van der Waals surface area contributed by atoms with Crippen LogP contribution in [-0.2, 0) is 13.0 Å². The predicted molar refractivity (Wildman–Crippen MR) is 118 cm³/mol. The summed E-state index contributed by atoms with van der Waals surface area (Å²) >= 11 is 1.68. The Morgan fingerprint density at radius 1 is 1.31 bits per heavy atom. The molecule has 0 amide bonds. The van der Waals surface area contributed by atoms with Crippen molar-refractivity contribution in [3.63, 3.8) is 0 Å². The van der Waals surface area contributed by atoms with Crippen LogP contribution in [0.15, 0.2) is 23.2 Å². The van der Waals surface area contributed by atoms with Crippen molar-refractivity contribution in [2.45, 2.75) is 33.7 Å². The molecule has 1 aromatic carbocycles. The highest BCUT2D eigenvalue weighted by Crippen LogP contribution is 2.23. The van der Waals surface area contributed by atoms with Crippen molar-refractivity contribution in [3.8, 4) is 11.5 Å². The van der Waals surface area contributed by atoms with Crippen molar-refractivity contribution in [2.24, 2.45) is 4.99 Å². The van der Waals surface area contributed by atoms with Gasteiger partial charge in [0, 0.05) is 24.0 Å². The van der Waals surface area contributed by atoms with Gasteiger partial charge in [-0.25, -0.2) is 9.98 Å². The molecule has 2 rings (SSSR count). The topological polar surface area (TPSA) is 78.8 Å². The number of phenolic OH excluding ortho intramolecular Hbond substituents is 1. The first-order chi connectivity index (χ1) is 12.0. The molecule has 26 heavy (non-hydrogen) atoms. The number of hydrogen-bond donors (Lipinski definition) is 3. The molecule has 0 bridgehead atoms. The van der Waals surface area contributed by atoms with Crippen LogP contribution in [0.1, 0.15) is 28.1 Å². The van der Waals surface area contributed by atoms with Gasteiger partial charge in [-0.15, -0.1) is 35.3 Å². The van der Waals surface area contributed by atoms with Crippen LogP contribution in [0.25, 0.3) is 0 Å². The summed E-state index contributed by atoms with van der Waals surface area (Å²) in [5, 5.41) is 17.5. The molecule has 0 spiro atoms. The highest BCUT2D eigenvalue weighted by atomic mass is 127. The Bertz CT molecular complexity index is 714. The summed E-state index contributed by atoms with van der Waals surface area (Å²) in [6.07, 6.45) is 0.690. The fraction of sp³-hybridized carbons (Fsp3) is 0.444. The van der Waals surface area contributed by atoms with Gasteiger partial charge in [0.1, 0.15) is 16.5 Å². The molecule has 6 nitrogen and oxygen atoms in total. The van der Waals surface area contributed by atoms with Crippen molar-refractivity contribution in [3.05, 3.63) is 39.3 Å². The number of aliphatic imine (C=N–C) groups is 1. The van der Waals surface area contributed by atoms with Crippen molar-refractivity contribution >= 4 is 41.3 Å². The number of methoxy groups -OCH3 is 1. The van der Waals surface area contributed by atoms with Crippen LogP contribution in [0.5, 0.6) is 11.5 Å². The monoisotopic (exact) mass is 490 g/mol. The van der Waals surface area contributed by atoms with Crippen molar-refractivity contribution in [2.75, 3.05) is 20.2 Å². The largest absolute Gasteiger partial charge is 0.508 e. The van der Waals surface area contributed by atoms with E-state index in [0.717, 1.165) is 28.8 Å². The number of hydrogen-bond acceptors (Lipinski definition) is 5. The van der Waals surface area contributed by atoms with Gasteiger partial charge < -0.3 is 20.5 Å². The molecule has 8 heteroatoms. The number of aromatic nitrogens is 1. The molecule has 0 aliphatic heterocycles. The second-order valence-electron chi connectivity index (χ2n) is 5.62. The molecule has 0 atom stereocenters. The van der Waals surface area contributed by atoms with E-state index in [1.54, 1.807) is 24.5 Å². The molecule has 2 aromatic rings. The van der Waals surface area contributed by atoms with Crippen LogP contribution in [0.4, 0.5) is 0 Å². The number of benzene rings is 1. The summed E-state index contributed by atoms with van der Waals surface area (Å²) in [7, 11) is 1.58. The summed E-state index contributed by atoms with van der Waals surface area (Å²) < 4.78 is 5.10. The maximum absolute atomic E-state index is 10.0. The molecule has 144 valence electrons. The van der Waals surface area contributed by atoms with Gasteiger partial charge in [0.25, 0.3) is 0 Å². The van der Waals surface area contributed by atoms with Gasteiger partial charge in [-0.1, -0.05) is 6.07 Å². The van der Waals surface area contributed by atoms with E-state index in [-0.39, 0.29) is 29.7 Å². The molecule has 0 radical (unpaired) electrons. The standard InChI is InChI=1S/C18H26N4O2S.HI/c1-5-19-18(21-11-17-22-12(2)13(3)25-17)20-9-8-14-6-7-15(24-4)10-16(14)23;/h6-7,10,23H,5,8-9,11H2,1-4H3,(H2,19,20,21);1H. The molecule has 0 aliphatic rings. The number of aryl methyl sites for hydroxylation is 2. The number of thiazole rings is 1. The van der Waals surface area contributed by atoms with E-state index < -0.39 is 0 Å². The molecule has 1 aromatic heterocycles. The van der Waals surface area contributed by atoms with Crippen LogP contribution in [0, 0.1) is 13.8 Å². The van der Waals surface area contributed by atoms with Crippen LogP contribution in [0.3, 0.4) is 0 Å². The summed E-state index contributed by atoms with van der Waals surface area (Å²) in [4.78, 5) is 10.3. The Morgan fingerprint density at radius 2 is 2.08 bits per heavy atom. The number of aromatic hydroxyl groups is 1.